The molecule has 0 spiro atoms. The number of aryl methyl sites for hydroxylation is 1. The third-order valence-corrected chi connectivity index (χ3v) is 3.13. The van der Waals surface area contributed by atoms with Crippen molar-refractivity contribution in [3.05, 3.63) is 59.4 Å². The van der Waals surface area contributed by atoms with Crippen LogP contribution < -0.4 is 5.32 Å². The molecule has 1 amide bonds. The fourth-order valence-electron chi connectivity index (χ4n) is 1.77. The minimum absolute atomic E-state index is 0.134. The van der Waals surface area contributed by atoms with Gasteiger partial charge in [-0.1, -0.05) is 18.2 Å². The van der Waals surface area contributed by atoms with Crippen LogP contribution in [0, 0.1) is 6.92 Å². The lowest BCUT2D eigenvalue weighted by atomic mass is 10.1. The van der Waals surface area contributed by atoms with Crippen LogP contribution >= 0.6 is 11.6 Å². The number of rotatable bonds is 4. The zero-order chi connectivity index (χ0) is 14.4. The smallest absolute Gasteiger partial charge is 0.412 e. The summed E-state index contributed by atoms with van der Waals surface area (Å²) in [6.07, 6.45) is 1.13. The van der Waals surface area contributed by atoms with Gasteiger partial charge in [0.1, 0.15) is 6.61 Å². The minimum Gasteiger partial charge on any atom is -0.443 e. The second-order valence-corrected chi connectivity index (χ2v) is 4.52. The van der Waals surface area contributed by atoms with Gasteiger partial charge in [-0.05, 0) is 36.2 Å². The number of hydrogen-bond acceptors (Lipinski definition) is 3. The molecule has 20 heavy (non-hydrogen) atoms. The zero-order valence-electron chi connectivity index (χ0n) is 11.1. The van der Waals surface area contributed by atoms with Gasteiger partial charge in [-0.3, -0.25) is 10.3 Å². The van der Waals surface area contributed by atoms with Gasteiger partial charge in [0, 0.05) is 17.8 Å². The molecule has 1 aromatic heterocycles. The van der Waals surface area contributed by atoms with Crippen molar-refractivity contribution < 1.29 is 9.53 Å². The number of hydrogen-bond donors (Lipinski definition) is 1. The monoisotopic (exact) mass is 290 g/mol. The Bertz CT molecular complexity index is 588. The highest BCUT2D eigenvalue weighted by Gasteiger charge is 2.09. The van der Waals surface area contributed by atoms with Gasteiger partial charge in [0.15, 0.2) is 0 Å². The standard InChI is InChI=1S/C15H15ClN2O2/c1-11-5-4-7-14(13(11)9-16)18-15(19)20-10-12-6-2-3-8-17-12/h2-8H,9-10H2,1H3,(H,18,19). The first-order valence-corrected chi connectivity index (χ1v) is 6.72. The molecule has 0 aliphatic heterocycles. The quantitative estimate of drug-likeness (QED) is 0.870. The molecule has 0 aliphatic carbocycles. The van der Waals surface area contributed by atoms with E-state index in [2.05, 4.69) is 10.3 Å². The van der Waals surface area contributed by atoms with E-state index in [4.69, 9.17) is 16.3 Å². The molecule has 104 valence electrons. The lowest BCUT2D eigenvalue weighted by Gasteiger charge is -2.11. The van der Waals surface area contributed by atoms with Crippen molar-refractivity contribution in [1.29, 1.82) is 0 Å². The number of nitrogens with zero attached hydrogens (tertiary/aromatic N) is 1. The molecule has 0 bridgehead atoms. The van der Waals surface area contributed by atoms with Crippen LogP contribution in [-0.4, -0.2) is 11.1 Å². The van der Waals surface area contributed by atoms with Gasteiger partial charge in [0.25, 0.3) is 0 Å². The number of halogens is 1. The third-order valence-electron chi connectivity index (χ3n) is 2.86. The molecule has 0 aliphatic rings. The summed E-state index contributed by atoms with van der Waals surface area (Å²) in [4.78, 5) is 15.8. The molecule has 5 heteroatoms. The van der Waals surface area contributed by atoms with E-state index in [0.717, 1.165) is 11.1 Å². The zero-order valence-corrected chi connectivity index (χ0v) is 11.9. The number of nitrogens with one attached hydrogen (secondary N) is 1. The second-order valence-electron chi connectivity index (χ2n) is 4.26. The van der Waals surface area contributed by atoms with E-state index in [0.29, 0.717) is 17.3 Å². The van der Waals surface area contributed by atoms with Crippen LogP contribution in [0.3, 0.4) is 0 Å². The predicted octanol–water partition coefficient (Wildman–Crippen LogP) is 3.88. The molecule has 0 fully saturated rings. The summed E-state index contributed by atoms with van der Waals surface area (Å²) in [5, 5.41) is 2.70. The predicted molar refractivity (Wildman–Crippen MR) is 78.8 cm³/mol. The van der Waals surface area contributed by atoms with Crippen LogP contribution in [0.25, 0.3) is 0 Å². The molecule has 0 saturated carbocycles. The van der Waals surface area contributed by atoms with Crippen molar-refractivity contribution in [2.24, 2.45) is 0 Å². The molecule has 1 aromatic carbocycles. The van der Waals surface area contributed by atoms with Crippen LogP contribution in [0.5, 0.6) is 0 Å². The van der Waals surface area contributed by atoms with Crippen LogP contribution in [0.15, 0.2) is 42.6 Å². The summed E-state index contributed by atoms with van der Waals surface area (Å²) in [6, 6.07) is 11.1. The van der Waals surface area contributed by atoms with E-state index in [1.807, 2.05) is 31.2 Å². The minimum atomic E-state index is -0.521. The Morgan fingerprint density at radius 1 is 1.30 bits per heavy atom. The van der Waals surface area contributed by atoms with E-state index >= 15 is 0 Å². The number of ether oxygens (including phenoxy) is 1. The number of carbonyl (C=O) groups is 1. The molecule has 1 heterocycles. The van der Waals surface area contributed by atoms with Crippen LogP contribution in [0.4, 0.5) is 10.5 Å². The fraction of sp³-hybridized carbons (Fsp3) is 0.200. The summed E-state index contributed by atoms with van der Waals surface area (Å²) in [7, 11) is 0. The Balaban J connectivity index is 1.97. The molecule has 0 unspecified atom stereocenters. The number of carbonyl (C=O) groups excluding carboxylic acids is 1. The first-order valence-electron chi connectivity index (χ1n) is 6.19. The van der Waals surface area contributed by atoms with E-state index < -0.39 is 6.09 Å². The second kappa shape index (κ2) is 6.91. The highest BCUT2D eigenvalue weighted by atomic mass is 35.5. The lowest BCUT2D eigenvalue weighted by Crippen LogP contribution is -2.15. The van der Waals surface area contributed by atoms with Crippen molar-refractivity contribution in [3.8, 4) is 0 Å². The van der Waals surface area contributed by atoms with E-state index in [-0.39, 0.29) is 6.61 Å². The molecule has 0 atom stereocenters. The van der Waals surface area contributed by atoms with Crippen molar-refractivity contribution >= 4 is 23.4 Å². The molecule has 2 aromatic rings. The topological polar surface area (TPSA) is 51.2 Å². The van der Waals surface area contributed by atoms with Crippen LogP contribution in [0.1, 0.15) is 16.8 Å². The van der Waals surface area contributed by atoms with Gasteiger partial charge in [-0.2, -0.15) is 0 Å². The number of benzene rings is 1. The fourth-order valence-corrected chi connectivity index (χ4v) is 2.12. The van der Waals surface area contributed by atoms with Crippen molar-refractivity contribution in [2.75, 3.05) is 5.32 Å². The van der Waals surface area contributed by atoms with Crippen LogP contribution in [0.2, 0.25) is 0 Å². The van der Waals surface area contributed by atoms with E-state index in [1.165, 1.54) is 0 Å². The normalized spacial score (nSPS) is 10.1. The first kappa shape index (κ1) is 14.3. The van der Waals surface area contributed by atoms with E-state index in [1.54, 1.807) is 18.3 Å². The molecular formula is C15H15ClN2O2. The van der Waals surface area contributed by atoms with Gasteiger partial charge in [-0.15, -0.1) is 11.6 Å². The Morgan fingerprint density at radius 3 is 2.85 bits per heavy atom. The maximum Gasteiger partial charge on any atom is 0.412 e. The maximum absolute atomic E-state index is 11.8. The summed E-state index contributed by atoms with van der Waals surface area (Å²) < 4.78 is 5.12. The SMILES string of the molecule is Cc1cccc(NC(=O)OCc2ccccn2)c1CCl. The average molecular weight is 291 g/mol. The number of pyridine rings is 1. The first-order chi connectivity index (χ1) is 9.70. The van der Waals surface area contributed by atoms with Gasteiger partial charge in [0.05, 0.1) is 5.69 Å². The van der Waals surface area contributed by atoms with Crippen molar-refractivity contribution in [1.82, 2.24) is 4.98 Å². The summed E-state index contributed by atoms with van der Waals surface area (Å²) in [6.45, 7) is 2.08. The summed E-state index contributed by atoms with van der Waals surface area (Å²) >= 11 is 5.89. The molecular weight excluding hydrogens is 276 g/mol. The Morgan fingerprint density at radius 2 is 2.15 bits per heavy atom. The summed E-state index contributed by atoms with van der Waals surface area (Å²) in [5.41, 5.74) is 3.29. The van der Waals surface area contributed by atoms with Crippen LogP contribution in [-0.2, 0) is 17.2 Å². The Kier molecular flexibility index (Phi) is 4.96. The molecule has 0 radical (unpaired) electrons. The number of alkyl halides is 1. The van der Waals surface area contributed by atoms with E-state index in [9.17, 15) is 4.79 Å². The van der Waals surface area contributed by atoms with Gasteiger partial charge in [-0.25, -0.2) is 4.79 Å². The highest BCUT2D eigenvalue weighted by Crippen LogP contribution is 2.21. The maximum atomic E-state index is 11.8. The van der Waals surface area contributed by atoms with Gasteiger partial charge >= 0.3 is 6.09 Å². The highest BCUT2D eigenvalue weighted by molar-refractivity contribution is 6.17. The molecule has 0 saturated heterocycles. The lowest BCUT2D eigenvalue weighted by molar-refractivity contribution is 0.153. The van der Waals surface area contributed by atoms with Crippen molar-refractivity contribution in [3.63, 3.8) is 0 Å². The average Bonchev–Trinajstić information content (AvgIpc) is 2.46. The molecule has 1 N–H and O–H groups in total. The Labute approximate surface area is 122 Å². The number of aromatic nitrogens is 1. The molecule has 2 rings (SSSR count). The summed E-state index contributed by atoms with van der Waals surface area (Å²) in [5.74, 6) is 0.336. The Hall–Kier alpha value is -2.07. The number of amides is 1. The largest absolute Gasteiger partial charge is 0.443 e. The molecule has 4 nitrogen and oxygen atoms in total. The third kappa shape index (κ3) is 3.71. The number of anilines is 1. The van der Waals surface area contributed by atoms with Gasteiger partial charge < -0.3 is 4.74 Å². The van der Waals surface area contributed by atoms with Crippen molar-refractivity contribution in [2.45, 2.75) is 19.4 Å². The van der Waals surface area contributed by atoms with Gasteiger partial charge in [0.2, 0.25) is 0 Å².